The first-order valence-corrected chi connectivity index (χ1v) is 15.0. The van der Waals surface area contributed by atoms with Gasteiger partial charge in [0.2, 0.25) is 11.8 Å². The Kier molecular flexibility index (Phi) is 6.27. The van der Waals surface area contributed by atoms with Crippen LogP contribution in [0.25, 0.3) is 10.9 Å². The lowest BCUT2D eigenvalue weighted by Gasteiger charge is -2.61. The number of piperazine rings is 1. The maximum Gasteiger partial charge on any atom is 0.264 e. The summed E-state index contributed by atoms with van der Waals surface area (Å²) in [6.45, 7) is 7.94. The second-order valence-electron chi connectivity index (χ2n) is 12.9. The van der Waals surface area contributed by atoms with Gasteiger partial charge in [-0.1, -0.05) is 6.07 Å². The molecule has 2 aromatic rings. The van der Waals surface area contributed by atoms with Crippen LogP contribution in [0.1, 0.15) is 63.2 Å². The molecule has 4 aliphatic carbocycles. The number of rotatable bonds is 6. The molecule has 1 aromatic heterocycles. The van der Waals surface area contributed by atoms with E-state index in [0.717, 1.165) is 49.6 Å². The van der Waals surface area contributed by atoms with E-state index in [-0.39, 0.29) is 17.9 Å². The van der Waals surface area contributed by atoms with Crippen molar-refractivity contribution >= 4 is 28.4 Å². The summed E-state index contributed by atoms with van der Waals surface area (Å²) in [5.74, 6) is 2.70. The van der Waals surface area contributed by atoms with Crippen molar-refractivity contribution in [3.05, 3.63) is 34.4 Å². The van der Waals surface area contributed by atoms with Gasteiger partial charge in [-0.25, -0.2) is 4.98 Å². The van der Waals surface area contributed by atoms with Crippen LogP contribution < -0.4 is 16.2 Å². The van der Waals surface area contributed by atoms with Gasteiger partial charge in [-0.05, 0) is 81.8 Å². The number of piperidine rings is 1. The average molecular weight is 533 g/mol. The molecule has 6 fully saturated rings. The fraction of sp³-hybridized carbons (Fsp3) is 0.667. The van der Waals surface area contributed by atoms with Gasteiger partial charge in [0.1, 0.15) is 11.9 Å². The maximum atomic E-state index is 13.7. The lowest BCUT2D eigenvalue weighted by Crippen LogP contribution is -2.64. The number of imide groups is 1. The smallest absolute Gasteiger partial charge is 0.264 e. The first-order chi connectivity index (χ1) is 18.9. The number of anilines is 1. The van der Waals surface area contributed by atoms with Gasteiger partial charge < -0.3 is 5.32 Å². The Labute approximate surface area is 229 Å². The lowest BCUT2D eigenvalue weighted by atomic mass is 9.52. The van der Waals surface area contributed by atoms with E-state index >= 15 is 0 Å². The molecular weight excluding hydrogens is 492 g/mol. The number of carbonyl (C=O) groups excluding carboxylic acids is 2. The normalized spacial score (nSPS) is 33.1. The second kappa shape index (κ2) is 9.70. The lowest BCUT2D eigenvalue weighted by molar-refractivity contribution is -0.135. The van der Waals surface area contributed by atoms with E-state index in [1.807, 2.05) is 18.2 Å². The Morgan fingerprint density at radius 1 is 1.00 bits per heavy atom. The van der Waals surface area contributed by atoms with Crippen molar-refractivity contribution in [1.29, 1.82) is 0 Å². The molecule has 2 saturated heterocycles. The van der Waals surface area contributed by atoms with Crippen molar-refractivity contribution < 1.29 is 9.59 Å². The SMILES string of the molecule is Cc1nc2cccc(NCCN3CCN(C45CC6CC(CC(C6)C4)C5)CC3)c2c(=O)n1C1CCC(=O)NC1=O. The Morgan fingerprint density at radius 3 is 2.36 bits per heavy atom. The van der Waals surface area contributed by atoms with Crippen LogP contribution in [-0.2, 0) is 9.59 Å². The number of nitrogens with one attached hydrogen (secondary N) is 2. The van der Waals surface area contributed by atoms with Crippen molar-refractivity contribution in [1.82, 2.24) is 24.7 Å². The molecule has 9 nitrogen and oxygen atoms in total. The summed E-state index contributed by atoms with van der Waals surface area (Å²) >= 11 is 0. The van der Waals surface area contributed by atoms with Gasteiger partial charge >= 0.3 is 0 Å². The number of fused-ring (bicyclic) bond motifs is 1. The summed E-state index contributed by atoms with van der Waals surface area (Å²) < 4.78 is 1.46. The number of benzene rings is 1. The highest BCUT2D eigenvalue weighted by atomic mass is 16.2. The highest BCUT2D eigenvalue weighted by Crippen LogP contribution is 2.57. The fourth-order valence-corrected chi connectivity index (χ4v) is 9.04. The summed E-state index contributed by atoms with van der Waals surface area (Å²) in [7, 11) is 0. The largest absolute Gasteiger partial charge is 0.383 e. The Balaban J connectivity index is 1.01. The van der Waals surface area contributed by atoms with Gasteiger partial charge in [-0.3, -0.25) is 34.1 Å². The number of hydrogen-bond donors (Lipinski definition) is 2. The minimum atomic E-state index is -0.717. The minimum absolute atomic E-state index is 0.219. The number of amides is 2. The highest BCUT2D eigenvalue weighted by molar-refractivity contribution is 5.99. The number of aryl methyl sites for hydroxylation is 1. The molecule has 6 aliphatic rings. The molecule has 3 heterocycles. The molecule has 39 heavy (non-hydrogen) atoms. The van der Waals surface area contributed by atoms with Crippen molar-refractivity contribution in [2.45, 2.75) is 69.9 Å². The number of hydrogen-bond acceptors (Lipinski definition) is 7. The van der Waals surface area contributed by atoms with Crippen molar-refractivity contribution in [3.63, 3.8) is 0 Å². The topological polar surface area (TPSA) is 99.6 Å². The van der Waals surface area contributed by atoms with E-state index in [9.17, 15) is 14.4 Å². The summed E-state index contributed by atoms with van der Waals surface area (Å²) in [5.41, 5.74) is 1.63. The predicted molar refractivity (Wildman–Crippen MR) is 150 cm³/mol. The Morgan fingerprint density at radius 2 is 1.69 bits per heavy atom. The zero-order valence-corrected chi connectivity index (χ0v) is 23.0. The van der Waals surface area contributed by atoms with E-state index in [2.05, 4.69) is 25.4 Å². The number of nitrogens with zero attached hydrogens (tertiary/aromatic N) is 4. The molecule has 9 heteroatoms. The molecule has 2 amide bonds. The van der Waals surface area contributed by atoms with Gasteiger partial charge in [0.15, 0.2) is 0 Å². The summed E-state index contributed by atoms with van der Waals surface area (Å²) in [4.78, 5) is 47.9. The van der Waals surface area contributed by atoms with Gasteiger partial charge in [0, 0.05) is 56.9 Å². The van der Waals surface area contributed by atoms with Gasteiger partial charge in [-0.15, -0.1) is 0 Å². The van der Waals surface area contributed by atoms with Crippen LogP contribution in [0.2, 0.25) is 0 Å². The quantitative estimate of drug-likeness (QED) is 0.552. The highest BCUT2D eigenvalue weighted by Gasteiger charge is 2.53. The monoisotopic (exact) mass is 532 g/mol. The van der Waals surface area contributed by atoms with E-state index in [0.29, 0.717) is 28.7 Å². The van der Waals surface area contributed by atoms with E-state index < -0.39 is 11.9 Å². The third-order valence-electron chi connectivity index (χ3n) is 10.4. The standard InChI is InChI=1S/C30H40N6O3/c1-19-32-24-4-2-3-23(27(24)29(39)36(19)25-5-6-26(37)33-28(25)38)31-7-8-34-9-11-35(12-10-34)30-16-20-13-21(17-30)15-22(14-20)18-30/h2-4,20-22,25,31H,5-18H2,1H3,(H,33,37,38). The summed E-state index contributed by atoms with van der Waals surface area (Å²) in [6, 6.07) is 4.95. The first kappa shape index (κ1) is 25.2. The van der Waals surface area contributed by atoms with Crippen LogP contribution in [0, 0.1) is 24.7 Å². The Hall–Kier alpha value is -2.78. The summed E-state index contributed by atoms with van der Waals surface area (Å²) in [5, 5.41) is 6.36. The average Bonchev–Trinajstić information content (AvgIpc) is 2.89. The van der Waals surface area contributed by atoms with E-state index in [1.54, 1.807) is 6.92 Å². The minimum Gasteiger partial charge on any atom is -0.383 e. The van der Waals surface area contributed by atoms with Crippen LogP contribution in [0.3, 0.4) is 0 Å². The molecule has 0 radical (unpaired) electrons. The zero-order valence-electron chi connectivity index (χ0n) is 23.0. The first-order valence-electron chi connectivity index (χ1n) is 15.0. The van der Waals surface area contributed by atoms with E-state index in [1.165, 1.54) is 56.2 Å². The fourth-order valence-electron chi connectivity index (χ4n) is 9.04. The second-order valence-corrected chi connectivity index (χ2v) is 12.9. The van der Waals surface area contributed by atoms with Crippen LogP contribution in [-0.4, -0.2) is 76.0 Å². The molecule has 2 aliphatic heterocycles. The molecule has 4 bridgehead atoms. The molecule has 1 aromatic carbocycles. The van der Waals surface area contributed by atoms with Crippen LogP contribution in [0.15, 0.2) is 23.0 Å². The summed E-state index contributed by atoms with van der Waals surface area (Å²) in [6.07, 6.45) is 9.31. The van der Waals surface area contributed by atoms with Crippen LogP contribution in [0.5, 0.6) is 0 Å². The maximum absolute atomic E-state index is 13.7. The predicted octanol–water partition coefficient (Wildman–Crippen LogP) is 2.68. The van der Waals surface area contributed by atoms with Crippen LogP contribution in [0.4, 0.5) is 5.69 Å². The molecule has 8 rings (SSSR count). The molecule has 1 atom stereocenters. The van der Waals surface area contributed by atoms with Gasteiger partial charge in [0.25, 0.3) is 5.56 Å². The van der Waals surface area contributed by atoms with Crippen molar-refractivity contribution in [2.24, 2.45) is 17.8 Å². The molecule has 0 spiro atoms. The molecular formula is C30H40N6O3. The number of aromatic nitrogens is 2. The third kappa shape index (κ3) is 4.47. The van der Waals surface area contributed by atoms with Crippen LogP contribution >= 0.6 is 0 Å². The molecule has 1 unspecified atom stereocenters. The molecule has 4 saturated carbocycles. The molecule has 2 N–H and O–H groups in total. The number of carbonyl (C=O) groups is 2. The third-order valence-corrected chi connectivity index (χ3v) is 10.4. The molecule has 208 valence electrons. The van der Waals surface area contributed by atoms with Gasteiger partial charge in [-0.2, -0.15) is 0 Å². The van der Waals surface area contributed by atoms with E-state index in [4.69, 9.17) is 0 Å². The zero-order chi connectivity index (χ0) is 26.7. The van der Waals surface area contributed by atoms with Crippen molar-refractivity contribution in [2.75, 3.05) is 44.6 Å². The Bertz CT molecular complexity index is 1330. The van der Waals surface area contributed by atoms with Crippen molar-refractivity contribution in [3.8, 4) is 0 Å². The van der Waals surface area contributed by atoms with Gasteiger partial charge in [0.05, 0.1) is 10.9 Å².